The minimum Gasteiger partial charge on any atom is -0.278 e. The number of anilines is 1. The maximum Gasteiger partial charge on any atom is 0.265 e. The standard InChI is InChI=1S/C10H9Cl2N3O4S2/c1-15-6-8(5-13-15)21(18,19)14-10-3-2-7(4-9(10)11)20(12,16)17/h2-6,14H,1H3. The van der Waals surface area contributed by atoms with Crippen molar-refractivity contribution >= 4 is 47.0 Å². The van der Waals surface area contributed by atoms with Gasteiger partial charge in [-0.25, -0.2) is 16.8 Å². The van der Waals surface area contributed by atoms with Crippen molar-refractivity contribution in [2.75, 3.05) is 4.72 Å². The molecule has 2 rings (SSSR count). The molecule has 1 aromatic heterocycles. The summed E-state index contributed by atoms with van der Waals surface area (Å²) < 4.78 is 50.1. The number of hydrogen-bond acceptors (Lipinski definition) is 5. The van der Waals surface area contributed by atoms with Crippen LogP contribution in [-0.4, -0.2) is 26.6 Å². The van der Waals surface area contributed by atoms with Crippen molar-refractivity contribution in [1.29, 1.82) is 0 Å². The largest absolute Gasteiger partial charge is 0.278 e. The number of hydrogen-bond donors (Lipinski definition) is 1. The monoisotopic (exact) mass is 369 g/mol. The summed E-state index contributed by atoms with van der Waals surface area (Å²) in [5, 5.41) is 3.67. The van der Waals surface area contributed by atoms with Crippen LogP contribution in [0.1, 0.15) is 0 Å². The predicted octanol–water partition coefficient (Wildman–Crippen LogP) is 1.80. The molecule has 0 bridgehead atoms. The van der Waals surface area contributed by atoms with E-state index in [0.717, 1.165) is 12.1 Å². The molecule has 1 heterocycles. The maximum atomic E-state index is 12.1. The van der Waals surface area contributed by atoms with Crippen LogP contribution in [0.25, 0.3) is 0 Å². The van der Waals surface area contributed by atoms with Crippen LogP contribution in [0.2, 0.25) is 5.02 Å². The van der Waals surface area contributed by atoms with Gasteiger partial charge in [0.15, 0.2) is 0 Å². The minimum atomic E-state index is -3.94. The van der Waals surface area contributed by atoms with Crippen molar-refractivity contribution in [3.63, 3.8) is 0 Å². The summed E-state index contributed by atoms with van der Waals surface area (Å²) >= 11 is 5.86. The third kappa shape index (κ3) is 3.67. The van der Waals surface area contributed by atoms with Crippen LogP contribution in [0.5, 0.6) is 0 Å². The van der Waals surface area contributed by atoms with Gasteiger partial charge in [-0.1, -0.05) is 11.6 Å². The van der Waals surface area contributed by atoms with Crippen LogP contribution in [0.15, 0.2) is 40.4 Å². The van der Waals surface area contributed by atoms with Crippen LogP contribution in [0.4, 0.5) is 5.69 Å². The summed E-state index contributed by atoms with van der Waals surface area (Å²) in [7, 11) is -1.05. The average Bonchev–Trinajstić information content (AvgIpc) is 2.78. The van der Waals surface area contributed by atoms with Gasteiger partial charge in [-0.15, -0.1) is 0 Å². The zero-order valence-electron chi connectivity index (χ0n) is 10.5. The molecule has 114 valence electrons. The molecule has 0 fully saturated rings. The Hall–Kier alpha value is -1.29. The van der Waals surface area contributed by atoms with E-state index in [1.165, 1.54) is 23.1 Å². The predicted molar refractivity (Wildman–Crippen MR) is 78.5 cm³/mol. The number of benzene rings is 1. The lowest BCUT2D eigenvalue weighted by molar-refractivity contribution is 0.601. The summed E-state index contributed by atoms with van der Waals surface area (Å²) in [6.07, 6.45) is 2.49. The first-order chi connectivity index (χ1) is 9.59. The normalized spacial score (nSPS) is 12.3. The summed E-state index contributed by atoms with van der Waals surface area (Å²) in [6, 6.07) is 3.42. The van der Waals surface area contributed by atoms with E-state index in [0.29, 0.717) is 0 Å². The Morgan fingerprint density at radius 1 is 1.19 bits per heavy atom. The first-order valence-electron chi connectivity index (χ1n) is 5.35. The van der Waals surface area contributed by atoms with Crippen molar-refractivity contribution in [1.82, 2.24) is 9.78 Å². The zero-order valence-corrected chi connectivity index (χ0v) is 13.6. The summed E-state index contributed by atoms with van der Waals surface area (Å²) in [5.41, 5.74) is 0.0320. The Morgan fingerprint density at radius 2 is 1.86 bits per heavy atom. The molecule has 21 heavy (non-hydrogen) atoms. The second-order valence-electron chi connectivity index (χ2n) is 4.03. The van der Waals surface area contributed by atoms with Gasteiger partial charge in [0.05, 0.1) is 21.8 Å². The Bertz CT molecular complexity index is 891. The van der Waals surface area contributed by atoms with E-state index in [1.807, 2.05) is 0 Å². The molecule has 0 aliphatic rings. The minimum absolute atomic E-state index is 0.0320. The molecule has 0 saturated carbocycles. The van der Waals surface area contributed by atoms with Crippen LogP contribution in [0.3, 0.4) is 0 Å². The third-order valence-electron chi connectivity index (χ3n) is 2.46. The molecule has 0 atom stereocenters. The van der Waals surface area contributed by atoms with Crippen LogP contribution in [0, 0.1) is 0 Å². The molecule has 0 radical (unpaired) electrons. The second kappa shape index (κ2) is 5.48. The van der Waals surface area contributed by atoms with E-state index < -0.39 is 19.1 Å². The molecule has 0 saturated heterocycles. The van der Waals surface area contributed by atoms with Crippen molar-refractivity contribution in [2.24, 2.45) is 7.05 Å². The third-order valence-corrected chi connectivity index (χ3v) is 5.44. The lowest BCUT2D eigenvalue weighted by Gasteiger charge is -2.08. The molecule has 7 nitrogen and oxygen atoms in total. The molecule has 11 heteroatoms. The molecule has 1 aromatic carbocycles. The molecule has 0 unspecified atom stereocenters. The van der Waals surface area contributed by atoms with Gasteiger partial charge < -0.3 is 0 Å². The van der Waals surface area contributed by atoms with Gasteiger partial charge in [0.2, 0.25) is 0 Å². The first-order valence-corrected chi connectivity index (χ1v) is 9.52. The fourth-order valence-corrected chi connectivity index (χ4v) is 3.66. The molecular formula is C10H9Cl2N3O4S2. The molecule has 0 aliphatic heterocycles. The maximum absolute atomic E-state index is 12.1. The summed E-state index contributed by atoms with van der Waals surface area (Å²) in [5.74, 6) is 0. The Kier molecular flexibility index (Phi) is 4.20. The number of nitrogens with one attached hydrogen (secondary N) is 1. The number of aromatic nitrogens is 2. The highest BCUT2D eigenvalue weighted by atomic mass is 35.7. The average molecular weight is 370 g/mol. The van der Waals surface area contributed by atoms with E-state index in [-0.39, 0.29) is 20.5 Å². The van der Waals surface area contributed by atoms with Crippen molar-refractivity contribution in [2.45, 2.75) is 9.79 Å². The smallest absolute Gasteiger partial charge is 0.265 e. The molecule has 2 aromatic rings. The summed E-state index contributed by atoms with van der Waals surface area (Å²) in [6.45, 7) is 0. The van der Waals surface area contributed by atoms with Crippen LogP contribution in [-0.2, 0) is 26.1 Å². The van der Waals surface area contributed by atoms with E-state index in [2.05, 4.69) is 9.82 Å². The van der Waals surface area contributed by atoms with E-state index >= 15 is 0 Å². The van der Waals surface area contributed by atoms with Gasteiger partial charge in [-0.05, 0) is 18.2 Å². The highest BCUT2D eigenvalue weighted by molar-refractivity contribution is 8.13. The number of sulfonamides is 1. The fourth-order valence-electron chi connectivity index (χ4n) is 1.47. The number of halogens is 2. The number of rotatable bonds is 4. The lowest BCUT2D eigenvalue weighted by Crippen LogP contribution is -2.12. The van der Waals surface area contributed by atoms with E-state index in [1.54, 1.807) is 7.05 Å². The summed E-state index contributed by atoms with van der Waals surface area (Å²) in [4.78, 5) is -0.270. The second-order valence-corrected chi connectivity index (χ2v) is 8.69. The molecule has 0 aliphatic carbocycles. The topological polar surface area (TPSA) is 98.1 Å². The van der Waals surface area contributed by atoms with Crippen molar-refractivity contribution in [3.05, 3.63) is 35.6 Å². The van der Waals surface area contributed by atoms with Gasteiger partial charge >= 0.3 is 0 Å². The quantitative estimate of drug-likeness (QED) is 0.828. The zero-order chi connectivity index (χ0) is 15.8. The number of nitrogens with zero attached hydrogens (tertiary/aromatic N) is 2. The molecule has 1 N–H and O–H groups in total. The van der Waals surface area contributed by atoms with Gasteiger partial charge in [0.25, 0.3) is 19.1 Å². The molecular weight excluding hydrogens is 361 g/mol. The van der Waals surface area contributed by atoms with Crippen LogP contribution < -0.4 is 4.72 Å². The Morgan fingerprint density at radius 3 is 2.33 bits per heavy atom. The van der Waals surface area contributed by atoms with Crippen LogP contribution >= 0.6 is 22.3 Å². The molecule has 0 spiro atoms. The highest BCUT2D eigenvalue weighted by Crippen LogP contribution is 2.28. The Balaban J connectivity index is 2.36. The van der Waals surface area contributed by atoms with Gasteiger partial charge in [-0.2, -0.15) is 5.10 Å². The van der Waals surface area contributed by atoms with E-state index in [9.17, 15) is 16.8 Å². The lowest BCUT2D eigenvalue weighted by atomic mass is 10.3. The van der Waals surface area contributed by atoms with E-state index in [4.69, 9.17) is 22.3 Å². The Labute approximate surface area is 131 Å². The molecule has 0 amide bonds. The highest BCUT2D eigenvalue weighted by Gasteiger charge is 2.19. The van der Waals surface area contributed by atoms with Gasteiger partial charge in [-0.3, -0.25) is 9.40 Å². The fraction of sp³-hybridized carbons (Fsp3) is 0.100. The SMILES string of the molecule is Cn1cc(S(=O)(=O)Nc2ccc(S(=O)(=O)Cl)cc2Cl)cn1. The first kappa shape index (κ1) is 16.1. The van der Waals surface area contributed by atoms with Crippen molar-refractivity contribution in [3.8, 4) is 0 Å². The number of aryl methyl sites for hydroxylation is 1. The van der Waals surface area contributed by atoms with Gasteiger partial charge in [0, 0.05) is 23.9 Å². The van der Waals surface area contributed by atoms with Crippen molar-refractivity contribution < 1.29 is 16.8 Å². The van der Waals surface area contributed by atoms with Gasteiger partial charge in [0.1, 0.15) is 4.90 Å².